The summed E-state index contributed by atoms with van der Waals surface area (Å²) in [6.07, 6.45) is 5.52. The lowest BCUT2D eigenvalue weighted by molar-refractivity contribution is -0.0218. The van der Waals surface area contributed by atoms with Crippen molar-refractivity contribution in [1.29, 1.82) is 0 Å². The van der Waals surface area contributed by atoms with E-state index in [4.69, 9.17) is 32.5 Å². The topological polar surface area (TPSA) is 81.7 Å². The van der Waals surface area contributed by atoms with E-state index >= 15 is 0 Å². The number of allylic oxidation sites excluding steroid dienone is 1. The summed E-state index contributed by atoms with van der Waals surface area (Å²) in [5.74, 6) is 14.1. The van der Waals surface area contributed by atoms with E-state index in [1.165, 1.54) is 0 Å². The largest absolute Gasteiger partial charge is 0.497 e. The minimum atomic E-state index is -2.35. The minimum Gasteiger partial charge on any atom is -0.497 e. The van der Waals surface area contributed by atoms with Crippen molar-refractivity contribution >= 4 is 22.6 Å². The average molecular weight is 919 g/mol. The number of carbonyl (C=O) groups is 1. The smallest absolute Gasteiger partial charge is 0.342 e. The highest BCUT2D eigenvalue weighted by atomic mass is 28.4. The number of benzene rings is 2. The number of ether oxygens (including phenoxy) is 5. The maximum absolute atomic E-state index is 15.0. The summed E-state index contributed by atoms with van der Waals surface area (Å²) < 4.78 is 44.6. The highest BCUT2D eigenvalue weighted by Crippen LogP contribution is 2.45. The van der Waals surface area contributed by atoms with E-state index in [0.29, 0.717) is 66.2 Å². The van der Waals surface area contributed by atoms with Crippen molar-refractivity contribution in [2.24, 2.45) is 17.8 Å². The fourth-order valence-electron chi connectivity index (χ4n) is 8.64. The molecule has 2 aromatic carbocycles. The summed E-state index contributed by atoms with van der Waals surface area (Å²) in [5.41, 5.74) is 3.36. The molecule has 0 spiro atoms. The minimum absolute atomic E-state index is 0.0315. The van der Waals surface area contributed by atoms with Crippen LogP contribution < -0.4 is 14.2 Å². The number of carbonyl (C=O) groups excluding carboxylic acids is 1. The van der Waals surface area contributed by atoms with Gasteiger partial charge >= 0.3 is 5.97 Å². The Bertz CT molecular complexity index is 1850. The highest BCUT2D eigenvalue weighted by Gasteiger charge is 2.48. The van der Waals surface area contributed by atoms with E-state index < -0.39 is 28.7 Å². The van der Waals surface area contributed by atoms with Crippen molar-refractivity contribution in [3.8, 4) is 40.9 Å². The van der Waals surface area contributed by atoms with Crippen LogP contribution >= 0.6 is 0 Å². The monoisotopic (exact) mass is 919 g/mol. The van der Waals surface area contributed by atoms with Crippen LogP contribution in [-0.4, -0.2) is 68.9 Å². The third-order valence-corrected chi connectivity index (χ3v) is 24.1. The van der Waals surface area contributed by atoms with E-state index in [0.717, 1.165) is 23.3 Å². The van der Waals surface area contributed by atoms with E-state index in [-0.39, 0.29) is 35.0 Å². The Hall–Kier alpha value is -3.52. The Labute approximate surface area is 392 Å². The molecule has 0 fully saturated rings. The summed E-state index contributed by atoms with van der Waals surface area (Å²) in [4.78, 5) is 15.0. The zero-order valence-electron chi connectivity index (χ0n) is 43.3. The van der Waals surface area contributed by atoms with Gasteiger partial charge in [-0.25, -0.2) is 4.79 Å². The molecule has 0 saturated carbocycles. The third kappa shape index (κ3) is 15.8. The number of hydrogen-bond donors (Lipinski definition) is 0. The summed E-state index contributed by atoms with van der Waals surface area (Å²) in [5, 5.41) is -0.0315. The van der Waals surface area contributed by atoms with Crippen molar-refractivity contribution in [3.05, 3.63) is 65.2 Å². The van der Waals surface area contributed by atoms with Gasteiger partial charge in [-0.15, -0.1) is 17.8 Å². The standard InChI is InChI=1S/C54H86O8Si2/c1-20-22-26-41(9)49(61-64(38(3)4,39(5)6)40(7)8)35-45-34-47(57-16)36-50(58-17)51(45)53(55)60-48(28-23-21-2)43(11)52(62-63(18,19)54(12,13)14)42(10)27-24-25-33-59-37-44-29-31-46(56-15)32-30-44/h24-25,29-32,34,36,38-43,48-49,52H,26-28,33,35,37H2,1-19H3/b25-24-/t41-,42+,43+,48-,49+,52+/m0/s1. The average Bonchev–Trinajstić information content (AvgIpc) is 3.24. The molecule has 6 atom stereocenters. The molecule has 0 bridgehead atoms. The SMILES string of the molecule is CC#CC[C@H](OC(=O)c1c(C[C@@H](O[Si](C(C)C)(C(C)C)C(C)C)[C@@H](C)CC#CC)cc(OC)cc1OC)[C@@H](C)[C@H](O[Si](C)(C)C(C)(C)C)[C@H](C)C/C=C\COCc1ccc(OC)cc1. The molecule has 0 aliphatic rings. The molecule has 0 aromatic heterocycles. The Balaban J connectivity index is 2.62. The Kier molecular flexibility index (Phi) is 23.5. The summed E-state index contributed by atoms with van der Waals surface area (Å²) in [7, 11) is 0.248. The van der Waals surface area contributed by atoms with Gasteiger partial charge in [0, 0.05) is 24.8 Å². The van der Waals surface area contributed by atoms with Crippen LogP contribution in [0.25, 0.3) is 0 Å². The van der Waals surface area contributed by atoms with Crippen LogP contribution in [0.3, 0.4) is 0 Å². The van der Waals surface area contributed by atoms with Crippen LogP contribution in [0.1, 0.15) is 138 Å². The summed E-state index contributed by atoms with van der Waals surface area (Å²) in [6.45, 7) is 36.4. The summed E-state index contributed by atoms with van der Waals surface area (Å²) in [6, 6.07) is 11.6. The predicted octanol–water partition coefficient (Wildman–Crippen LogP) is 13.6. The van der Waals surface area contributed by atoms with Crippen molar-refractivity contribution < 1.29 is 37.3 Å². The summed E-state index contributed by atoms with van der Waals surface area (Å²) >= 11 is 0. The van der Waals surface area contributed by atoms with Crippen molar-refractivity contribution in [3.63, 3.8) is 0 Å². The van der Waals surface area contributed by atoms with E-state index in [2.05, 4.69) is 132 Å². The first-order chi connectivity index (χ1) is 30.0. The van der Waals surface area contributed by atoms with Crippen molar-refractivity contribution in [1.82, 2.24) is 0 Å². The molecular weight excluding hydrogens is 833 g/mol. The lowest BCUT2D eigenvalue weighted by Gasteiger charge is -2.46. The molecule has 10 heteroatoms. The maximum atomic E-state index is 15.0. The molecule has 0 aliphatic heterocycles. The number of esters is 1. The number of methoxy groups -OCH3 is 3. The molecule has 358 valence electrons. The van der Waals surface area contributed by atoms with Crippen LogP contribution in [0.4, 0.5) is 0 Å². The molecule has 0 heterocycles. The van der Waals surface area contributed by atoms with Gasteiger partial charge in [-0.2, -0.15) is 0 Å². The highest BCUT2D eigenvalue weighted by molar-refractivity contribution is 6.77. The number of rotatable bonds is 26. The lowest BCUT2D eigenvalue weighted by Crippen LogP contribution is -2.51. The molecule has 0 radical (unpaired) electrons. The van der Waals surface area contributed by atoms with Crippen molar-refractivity contribution in [2.45, 2.75) is 182 Å². The van der Waals surface area contributed by atoms with Gasteiger partial charge in [0.1, 0.15) is 28.9 Å². The molecule has 0 unspecified atom stereocenters. The molecule has 0 saturated heterocycles. The van der Waals surface area contributed by atoms with Gasteiger partial charge in [-0.1, -0.05) is 113 Å². The second-order valence-corrected chi connectivity index (χ2v) is 30.1. The van der Waals surface area contributed by atoms with E-state index in [9.17, 15) is 4.79 Å². The van der Waals surface area contributed by atoms with Gasteiger partial charge in [0.15, 0.2) is 8.32 Å². The normalized spacial score (nSPS) is 15.2. The van der Waals surface area contributed by atoms with Gasteiger partial charge < -0.3 is 32.5 Å². The zero-order chi connectivity index (χ0) is 48.4. The van der Waals surface area contributed by atoms with Gasteiger partial charge in [0.05, 0.1) is 46.8 Å². The third-order valence-electron chi connectivity index (χ3n) is 13.5. The molecule has 2 aromatic rings. The zero-order valence-corrected chi connectivity index (χ0v) is 45.3. The molecule has 0 aliphatic carbocycles. The van der Waals surface area contributed by atoms with Gasteiger partial charge in [0.2, 0.25) is 8.32 Å². The van der Waals surface area contributed by atoms with Crippen LogP contribution in [0, 0.1) is 41.4 Å². The fraction of sp³-hybridized carbons (Fsp3) is 0.648. The molecule has 0 amide bonds. The first-order valence-electron chi connectivity index (χ1n) is 23.5. The molecule has 8 nitrogen and oxygen atoms in total. The van der Waals surface area contributed by atoms with Crippen molar-refractivity contribution in [2.75, 3.05) is 27.9 Å². The second kappa shape index (κ2) is 26.6. The van der Waals surface area contributed by atoms with Crippen LogP contribution in [-0.2, 0) is 31.4 Å². The van der Waals surface area contributed by atoms with Gasteiger partial charge in [-0.3, -0.25) is 0 Å². The van der Waals surface area contributed by atoms with Crippen LogP contribution in [0.2, 0.25) is 34.8 Å². The quantitative estimate of drug-likeness (QED) is 0.0303. The Morgan fingerprint density at radius 3 is 1.81 bits per heavy atom. The van der Waals surface area contributed by atoms with Gasteiger partial charge in [-0.05, 0) is 103 Å². The van der Waals surface area contributed by atoms with Crippen LogP contribution in [0.5, 0.6) is 17.2 Å². The maximum Gasteiger partial charge on any atom is 0.342 e. The van der Waals surface area contributed by atoms with E-state index in [1.807, 2.05) is 44.2 Å². The van der Waals surface area contributed by atoms with Crippen LogP contribution in [0.15, 0.2) is 48.6 Å². The molecular formula is C54H86O8Si2. The molecule has 64 heavy (non-hydrogen) atoms. The second-order valence-electron chi connectivity index (χ2n) is 20.0. The van der Waals surface area contributed by atoms with E-state index in [1.54, 1.807) is 27.4 Å². The Morgan fingerprint density at radius 2 is 1.30 bits per heavy atom. The first-order valence-corrected chi connectivity index (χ1v) is 28.6. The lowest BCUT2D eigenvalue weighted by atomic mass is 9.86. The number of hydrogen-bond acceptors (Lipinski definition) is 8. The Morgan fingerprint density at radius 1 is 0.719 bits per heavy atom. The molecule has 2 rings (SSSR count). The van der Waals surface area contributed by atoms with Gasteiger partial charge in [0.25, 0.3) is 0 Å². The molecule has 0 N–H and O–H groups in total. The predicted molar refractivity (Wildman–Crippen MR) is 270 cm³/mol. The first kappa shape index (κ1) is 56.6. The fourth-order valence-corrected chi connectivity index (χ4v) is 15.8.